The molecule has 0 radical (unpaired) electrons. The maximum Gasteiger partial charge on any atom is 0.224 e. The summed E-state index contributed by atoms with van der Waals surface area (Å²) in [6.07, 6.45) is 0.179. The largest absolute Gasteiger partial charge is 0.349 e. The summed E-state index contributed by atoms with van der Waals surface area (Å²) in [6, 6.07) is 13.8. The van der Waals surface area contributed by atoms with Gasteiger partial charge < -0.3 is 5.32 Å². The summed E-state index contributed by atoms with van der Waals surface area (Å²) in [5, 5.41) is 2.91. The predicted octanol–water partition coefficient (Wildman–Crippen LogP) is 4.01. The van der Waals surface area contributed by atoms with Gasteiger partial charge in [0.2, 0.25) is 5.91 Å². The van der Waals surface area contributed by atoms with E-state index >= 15 is 0 Å². The van der Waals surface area contributed by atoms with E-state index in [0.717, 1.165) is 10.0 Å². The lowest BCUT2D eigenvalue weighted by Gasteiger charge is -2.14. The summed E-state index contributed by atoms with van der Waals surface area (Å²) < 4.78 is 14.0. The second-order valence-electron chi connectivity index (χ2n) is 4.65. The number of hydrogen-bond acceptors (Lipinski definition) is 1. The molecule has 0 aromatic heterocycles. The Labute approximate surface area is 126 Å². The van der Waals surface area contributed by atoms with E-state index < -0.39 is 0 Å². The van der Waals surface area contributed by atoms with E-state index in [0.29, 0.717) is 5.56 Å². The Kier molecular flexibility index (Phi) is 4.90. The van der Waals surface area contributed by atoms with Crippen LogP contribution >= 0.6 is 15.9 Å². The van der Waals surface area contributed by atoms with E-state index in [1.807, 2.05) is 31.2 Å². The van der Waals surface area contributed by atoms with Crippen LogP contribution in [0.2, 0.25) is 0 Å². The number of carbonyl (C=O) groups excluding carboxylic acids is 1. The third-order valence-corrected chi connectivity index (χ3v) is 3.53. The predicted molar refractivity (Wildman–Crippen MR) is 80.8 cm³/mol. The van der Waals surface area contributed by atoms with Crippen LogP contribution in [0.5, 0.6) is 0 Å². The van der Waals surface area contributed by atoms with E-state index in [1.54, 1.807) is 12.1 Å². The quantitative estimate of drug-likeness (QED) is 0.898. The SMILES string of the molecule is C[C@@H](NC(=O)Cc1cccc(F)c1)c1ccc(Br)cc1. The number of carbonyl (C=O) groups is 1. The molecule has 0 aliphatic heterocycles. The van der Waals surface area contributed by atoms with E-state index in [-0.39, 0.29) is 24.2 Å². The summed E-state index contributed by atoms with van der Waals surface area (Å²) in [5.74, 6) is -0.442. The monoisotopic (exact) mass is 335 g/mol. The molecular weight excluding hydrogens is 321 g/mol. The van der Waals surface area contributed by atoms with Crippen LogP contribution in [-0.2, 0) is 11.2 Å². The minimum absolute atomic E-state index is 0.0795. The molecule has 2 rings (SSSR count). The van der Waals surface area contributed by atoms with Crippen LogP contribution < -0.4 is 5.32 Å². The number of halogens is 2. The van der Waals surface area contributed by atoms with Crippen LogP contribution in [0.3, 0.4) is 0 Å². The molecule has 0 saturated heterocycles. The third kappa shape index (κ3) is 4.17. The Morgan fingerprint density at radius 1 is 1.25 bits per heavy atom. The molecule has 1 atom stereocenters. The topological polar surface area (TPSA) is 29.1 Å². The van der Waals surface area contributed by atoms with Crippen LogP contribution in [0, 0.1) is 5.82 Å². The van der Waals surface area contributed by atoms with Crippen LogP contribution in [0.4, 0.5) is 4.39 Å². The first-order valence-corrected chi connectivity index (χ1v) is 7.13. The van der Waals surface area contributed by atoms with Crippen molar-refractivity contribution in [2.24, 2.45) is 0 Å². The molecule has 20 heavy (non-hydrogen) atoms. The fraction of sp³-hybridized carbons (Fsp3) is 0.188. The molecule has 1 amide bonds. The number of nitrogens with one attached hydrogen (secondary N) is 1. The molecule has 2 aromatic carbocycles. The van der Waals surface area contributed by atoms with Crippen molar-refractivity contribution in [1.82, 2.24) is 5.32 Å². The maximum atomic E-state index is 13.0. The van der Waals surface area contributed by atoms with Gasteiger partial charge in [-0.15, -0.1) is 0 Å². The van der Waals surface area contributed by atoms with Crippen molar-refractivity contribution in [3.63, 3.8) is 0 Å². The molecule has 0 spiro atoms. The highest BCUT2D eigenvalue weighted by atomic mass is 79.9. The van der Waals surface area contributed by atoms with Crippen molar-refractivity contribution in [1.29, 1.82) is 0 Å². The number of hydrogen-bond donors (Lipinski definition) is 1. The maximum absolute atomic E-state index is 13.0. The molecule has 1 N–H and O–H groups in total. The van der Waals surface area contributed by atoms with Crippen LogP contribution in [-0.4, -0.2) is 5.91 Å². The van der Waals surface area contributed by atoms with Crippen LogP contribution in [0.1, 0.15) is 24.1 Å². The average molecular weight is 336 g/mol. The first kappa shape index (κ1) is 14.7. The van der Waals surface area contributed by atoms with Crippen molar-refractivity contribution in [2.45, 2.75) is 19.4 Å². The fourth-order valence-corrected chi connectivity index (χ4v) is 2.22. The van der Waals surface area contributed by atoms with E-state index in [1.165, 1.54) is 12.1 Å². The molecule has 0 saturated carbocycles. The van der Waals surface area contributed by atoms with E-state index in [9.17, 15) is 9.18 Å². The van der Waals surface area contributed by atoms with Crippen LogP contribution in [0.15, 0.2) is 53.0 Å². The Hall–Kier alpha value is -1.68. The lowest BCUT2D eigenvalue weighted by Crippen LogP contribution is -2.28. The fourth-order valence-electron chi connectivity index (χ4n) is 1.96. The van der Waals surface area contributed by atoms with Gasteiger partial charge in [0.25, 0.3) is 0 Å². The van der Waals surface area contributed by atoms with Gasteiger partial charge >= 0.3 is 0 Å². The molecule has 0 unspecified atom stereocenters. The molecule has 104 valence electrons. The van der Waals surface area contributed by atoms with Crippen molar-refractivity contribution >= 4 is 21.8 Å². The van der Waals surface area contributed by atoms with Gasteiger partial charge in [0, 0.05) is 4.47 Å². The van der Waals surface area contributed by atoms with Gasteiger partial charge in [-0.05, 0) is 42.3 Å². The van der Waals surface area contributed by atoms with Crippen LogP contribution in [0.25, 0.3) is 0 Å². The number of benzene rings is 2. The second kappa shape index (κ2) is 6.66. The molecule has 0 aliphatic rings. The molecule has 2 nitrogen and oxygen atoms in total. The first-order valence-electron chi connectivity index (χ1n) is 6.34. The highest BCUT2D eigenvalue weighted by Crippen LogP contribution is 2.16. The normalized spacial score (nSPS) is 11.9. The molecule has 0 fully saturated rings. The molecule has 0 heterocycles. The van der Waals surface area contributed by atoms with Crippen molar-refractivity contribution < 1.29 is 9.18 Å². The highest BCUT2D eigenvalue weighted by molar-refractivity contribution is 9.10. The zero-order valence-electron chi connectivity index (χ0n) is 11.1. The lowest BCUT2D eigenvalue weighted by molar-refractivity contribution is -0.121. The minimum Gasteiger partial charge on any atom is -0.349 e. The van der Waals surface area contributed by atoms with Crippen molar-refractivity contribution in [3.05, 3.63) is 69.9 Å². The molecule has 2 aromatic rings. The third-order valence-electron chi connectivity index (χ3n) is 3.00. The van der Waals surface area contributed by atoms with Gasteiger partial charge in [-0.25, -0.2) is 4.39 Å². The summed E-state index contributed by atoms with van der Waals surface area (Å²) in [7, 11) is 0. The second-order valence-corrected chi connectivity index (χ2v) is 5.56. The summed E-state index contributed by atoms with van der Waals surface area (Å²) in [5.41, 5.74) is 1.70. The highest BCUT2D eigenvalue weighted by Gasteiger charge is 2.10. The van der Waals surface area contributed by atoms with Crippen molar-refractivity contribution in [2.75, 3.05) is 0 Å². The molecule has 0 bridgehead atoms. The lowest BCUT2D eigenvalue weighted by atomic mass is 10.1. The van der Waals surface area contributed by atoms with Gasteiger partial charge in [-0.2, -0.15) is 0 Å². The number of rotatable bonds is 4. The van der Waals surface area contributed by atoms with E-state index in [4.69, 9.17) is 0 Å². The summed E-state index contributed by atoms with van der Waals surface area (Å²) in [4.78, 5) is 11.9. The zero-order valence-corrected chi connectivity index (χ0v) is 12.7. The van der Waals surface area contributed by atoms with E-state index in [2.05, 4.69) is 21.2 Å². The van der Waals surface area contributed by atoms with Gasteiger partial charge in [-0.3, -0.25) is 4.79 Å². The van der Waals surface area contributed by atoms with Gasteiger partial charge in [0.05, 0.1) is 12.5 Å². The smallest absolute Gasteiger partial charge is 0.224 e. The minimum atomic E-state index is -0.323. The Morgan fingerprint density at radius 3 is 2.60 bits per heavy atom. The van der Waals surface area contributed by atoms with Gasteiger partial charge in [0.1, 0.15) is 5.82 Å². The average Bonchev–Trinajstić information content (AvgIpc) is 2.39. The molecule has 0 aliphatic carbocycles. The first-order chi connectivity index (χ1) is 9.54. The number of amides is 1. The van der Waals surface area contributed by atoms with Gasteiger partial charge in [0.15, 0.2) is 0 Å². The molecule has 4 heteroatoms. The summed E-state index contributed by atoms with van der Waals surface area (Å²) in [6.45, 7) is 1.92. The zero-order chi connectivity index (χ0) is 14.5. The Balaban J connectivity index is 1.95. The Morgan fingerprint density at radius 2 is 1.95 bits per heavy atom. The molecular formula is C16H15BrFNO. The standard InChI is InChI=1S/C16H15BrFNO/c1-11(13-5-7-14(17)8-6-13)19-16(20)10-12-3-2-4-15(18)9-12/h2-9,11H,10H2,1H3,(H,19,20)/t11-/m1/s1. The van der Waals surface area contributed by atoms with Gasteiger partial charge in [-0.1, -0.05) is 40.2 Å². The Bertz CT molecular complexity index is 598. The summed E-state index contributed by atoms with van der Waals surface area (Å²) >= 11 is 3.37. The van der Waals surface area contributed by atoms with Crippen molar-refractivity contribution in [3.8, 4) is 0 Å².